The molecule has 0 bridgehead atoms. The number of nitrogens with zero attached hydrogens (tertiary/aromatic N) is 1. The molecule has 0 saturated carbocycles. The van der Waals surface area contributed by atoms with Crippen molar-refractivity contribution in [1.82, 2.24) is 4.90 Å². The van der Waals surface area contributed by atoms with Gasteiger partial charge in [0.25, 0.3) is 0 Å². The van der Waals surface area contributed by atoms with E-state index >= 15 is 0 Å². The number of aliphatic carboxylic acids is 1. The second-order valence-corrected chi connectivity index (χ2v) is 5.09. The van der Waals surface area contributed by atoms with E-state index in [9.17, 15) is 18.0 Å². The van der Waals surface area contributed by atoms with Crippen LogP contribution in [0.3, 0.4) is 0 Å². The Labute approximate surface area is 122 Å². The van der Waals surface area contributed by atoms with Gasteiger partial charge in [0.2, 0.25) is 0 Å². The van der Waals surface area contributed by atoms with Crippen molar-refractivity contribution in [3.05, 3.63) is 35.4 Å². The molecule has 0 heterocycles. The predicted octanol–water partition coefficient (Wildman–Crippen LogP) is 3.81. The molecular formula is C15H20F3NO2. The van der Waals surface area contributed by atoms with Gasteiger partial charge in [-0.3, -0.25) is 9.69 Å². The van der Waals surface area contributed by atoms with Crippen molar-refractivity contribution in [1.29, 1.82) is 0 Å². The van der Waals surface area contributed by atoms with E-state index in [4.69, 9.17) is 5.11 Å². The Hall–Kier alpha value is -1.56. The van der Waals surface area contributed by atoms with Crippen molar-refractivity contribution >= 4 is 5.97 Å². The summed E-state index contributed by atoms with van der Waals surface area (Å²) in [6.45, 7) is 5.71. The van der Waals surface area contributed by atoms with E-state index in [1.54, 1.807) is 31.7 Å². The highest BCUT2D eigenvalue weighted by Crippen LogP contribution is 2.36. The van der Waals surface area contributed by atoms with Gasteiger partial charge in [-0.25, -0.2) is 0 Å². The van der Waals surface area contributed by atoms with Crippen LogP contribution in [0.2, 0.25) is 0 Å². The zero-order valence-corrected chi connectivity index (χ0v) is 12.3. The summed E-state index contributed by atoms with van der Waals surface area (Å²) in [6.07, 6.45) is -4.41. The van der Waals surface area contributed by atoms with Gasteiger partial charge in [0.1, 0.15) is 0 Å². The largest absolute Gasteiger partial charge is 0.481 e. The summed E-state index contributed by atoms with van der Waals surface area (Å²) in [4.78, 5) is 12.7. The first kappa shape index (κ1) is 17.5. The minimum atomic E-state index is -4.41. The minimum Gasteiger partial charge on any atom is -0.481 e. The lowest BCUT2D eigenvalue weighted by Crippen LogP contribution is -2.34. The van der Waals surface area contributed by atoms with E-state index in [2.05, 4.69) is 0 Å². The molecule has 6 heteroatoms. The van der Waals surface area contributed by atoms with E-state index in [1.165, 1.54) is 12.1 Å². The number of rotatable bonds is 6. The maximum atomic E-state index is 13.1. The van der Waals surface area contributed by atoms with Gasteiger partial charge in [-0.1, -0.05) is 32.0 Å². The molecule has 1 rings (SSSR count). The minimum absolute atomic E-state index is 0.171. The molecule has 2 atom stereocenters. The van der Waals surface area contributed by atoms with Crippen LogP contribution in [-0.4, -0.2) is 29.1 Å². The Morgan fingerprint density at radius 3 is 2.33 bits per heavy atom. The van der Waals surface area contributed by atoms with Crippen LogP contribution in [0.4, 0.5) is 13.2 Å². The van der Waals surface area contributed by atoms with Crippen LogP contribution >= 0.6 is 0 Å². The van der Waals surface area contributed by atoms with Crippen LogP contribution in [0, 0.1) is 5.92 Å². The normalized spacial score (nSPS) is 15.0. The Morgan fingerprint density at radius 2 is 1.86 bits per heavy atom. The van der Waals surface area contributed by atoms with E-state index in [1.807, 2.05) is 0 Å². The molecule has 0 aliphatic rings. The molecule has 3 nitrogen and oxygen atoms in total. The number of benzene rings is 1. The fourth-order valence-corrected chi connectivity index (χ4v) is 2.31. The van der Waals surface area contributed by atoms with E-state index in [-0.39, 0.29) is 12.1 Å². The highest BCUT2D eigenvalue weighted by atomic mass is 19.4. The van der Waals surface area contributed by atoms with Crippen LogP contribution < -0.4 is 0 Å². The van der Waals surface area contributed by atoms with Crippen molar-refractivity contribution in [2.24, 2.45) is 5.92 Å². The smallest absolute Gasteiger partial charge is 0.416 e. The van der Waals surface area contributed by atoms with E-state index < -0.39 is 29.7 Å². The summed E-state index contributed by atoms with van der Waals surface area (Å²) in [5, 5.41) is 8.96. The van der Waals surface area contributed by atoms with Crippen LogP contribution in [0.1, 0.15) is 37.9 Å². The second-order valence-electron chi connectivity index (χ2n) is 5.09. The Bertz CT molecular complexity index is 488. The maximum absolute atomic E-state index is 13.1. The Balaban J connectivity index is 3.06. The van der Waals surface area contributed by atoms with E-state index in [0.29, 0.717) is 6.54 Å². The van der Waals surface area contributed by atoms with Crippen LogP contribution in [-0.2, 0) is 11.0 Å². The second kappa shape index (κ2) is 6.93. The van der Waals surface area contributed by atoms with Crippen molar-refractivity contribution < 1.29 is 23.1 Å². The van der Waals surface area contributed by atoms with Gasteiger partial charge in [0, 0.05) is 12.6 Å². The van der Waals surface area contributed by atoms with Crippen molar-refractivity contribution in [2.75, 3.05) is 13.1 Å². The number of hydrogen-bond donors (Lipinski definition) is 1. The third-order valence-electron chi connectivity index (χ3n) is 3.60. The SMILES string of the molecule is CCN(CC(C)C(=O)O)C(C)c1ccccc1C(F)(F)F. The molecule has 1 aromatic carbocycles. The predicted molar refractivity (Wildman–Crippen MR) is 73.9 cm³/mol. The van der Waals surface area contributed by atoms with Crippen LogP contribution in [0.5, 0.6) is 0 Å². The fraction of sp³-hybridized carbons (Fsp3) is 0.533. The molecule has 0 spiro atoms. The first-order chi connectivity index (χ1) is 9.68. The molecule has 0 aliphatic carbocycles. The lowest BCUT2D eigenvalue weighted by atomic mass is 9.99. The summed E-state index contributed by atoms with van der Waals surface area (Å²) in [7, 11) is 0. The molecule has 118 valence electrons. The molecule has 0 amide bonds. The average Bonchev–Trinajstić information content (AvgIpc) is 2.42. The van der Waals surface area contributed by atoms with Gasteiger partial charge in [0.05, 0.1) is 11.5 Å². The van der Waals surface area contributed by atoms with Gasteiger partial charge < -0.3 is 5.11 Å². The quantitative estimate of drug-likeness (QED) is 0.869. The monoisotopic (exact) mass is 303 g/mol. The standard InChI is InChI=1S/C15H20F3NO2/c1-4-19(9-10(2)14(20)21)11(3)12-7-5-6-8-13(12)15(16,17)18/h5-8,10-11H,4,9H2,1-3H3,(H,20,21). The lowest BCUT2D eigenvalue weighted by molar-refractivity contribution is -0.142. The van der Waals surface area contributed by atoms with E-state index in [0.717, 1.165) is 6.07 Å². The summed E-state index contributed by atoms with van der Waals surface area (Å²) in [5.41, 5.74) is -0.497. The van der Waals surface area contributed by atoms with Crippen LogP contribution in [0.25, 0.3) is 0 Å². The lowest BCUT2D eigenvalue weighted by Gasteiger charge is -2.31. The van der Waals surface area contributed by atoms with Gasteiger partial charge in [-0.2, -0.15) is 13.2 Å². The molecule has 0 aromatic heterocycles. The number of hydrogen-bond acceptors (Lipinski definition) is 2. The molecule has 0 radical (unpaired) electrons. The third kappa shape index (κ3) is 4.46. The summed E-state index contributed by atoms with van der Waals surface area (Å²) in [5.74, 6) is -1.59. The number of halogens is 3. The molecule has 1 aromatic rings. The molecule has 0 aliphatic heterocycles. The van der Waals surface area contributed by atoms with Crippen LogP contribution in [0.15, 0.2) is 24.3 Å². The van der Waals surface area contributed by atoms with Gasteiger partial charge in [-0.15, -0.1) is 0 Å². The zero-order chi connectivity index (χ0) is 16.2. The number of carboxylic acids is 1. The topological polar surface area (TPSA) is 40.5 Å². The molecular weight excluding hydrogens is 283 g/mol. The van der Waals surface area contributed by atoms with Crippen molar-refractivity contribution in [3.63, 3.8) is 0 Å². The Morgan fingerprint density at radius 1 is 1.29 bits per heavy atom. The van der Waals surface area contributed by atoms with Gasteiger partial charge in [-0.05, 0) is 25.1 Å². The molecule has 2 unspecified atom stereocenters. The fourth-order valence-electron chi connectivity index (χ4n) is 2.31. The van der Waals surface area contributed by atoms with Crippen molar-refractivity contribution in [2.45, 2.75) is 33.0 Å². The molecule has 0 fully saturated rings. The number of alkyl halides is 3. The Kier molecular flexibility index (Phi) is 5.78. The number of carbonyl (C=O) groups is 1. The number of carboxylic acid groups (broad SMARTS) is 1. The zero-order valence-electron chi connectivity index (χ0n) is 12.3. The first-order valence-electron chi connectivity index (χ1n) is 6.81. The summed E-state index contributed by atoms with van der Waals surface area (Å²) >= 11 is 0. The highest BCUT2D eigenvalue weighted by Gasteiger charge is 2.35. The molecule has 0 saturated heterocycles. The molecule has 21 heavy (non-hydrogen) atoms. The summed E-state index contributed by atoms with van der Waals surface area (Å²) in [6, 6.07) is 4.92. The third-order valence-corrected chi connectivity index (χ3v) is 3.60. The van der Waals surface area contributed by atoms with Gasteiger partial charge in [0.15, 0.2) is 0 Å². The maximum Gasteiger partial charge on any atom is 0.416 e. The highest BCUT2D eigenvalue weighted by molar-refractivity contribution is 5.69. The van der Waals surface area contributed by atoms with Crippen molar-refractivity contribution in [3.8, 4) is 0 Å². The first-order valence-corrected chi connectivity index (χ1v) is 6.81. The average molecular weight is 303 g/mol. The summed E-state index contributed by atoms with van der Waals surface area (Å²) < 4.78 is 39.2. The van der Waals surface area contributed by atoms with Gasteiger partial charge >= 0.3 is 12.1 Å². The molecule has 1 N–H and O–H groups in total.